The van der Waals surface area contributed by atoms with Gasteiger partial charge in [0, 0.05) is 25.4 Å². The lowest BCUT2D eigenvalue weighted by Gasteiger charge is -2.31. The number of halogens is 1. The van der Waals surface area contributed by atoms with Crippen LogP contribution in [0.1, 0.15) is 37.4 Å². The maximum Gasteiger partial charge on any atom is 0.261 e. The molecule has 0 aliphatic carbocycles. The zero-order chi connectivity index (χ0) is 32.9. The summed E-state index contributed by atoms with van der Waals surface area (Å²) in [4.78, 5) is 28.9. The van der Waals surface area contributed by atoms with Gasteiger partial charge in [0.25, 0.3) is 15.9 Å². The van der Waals surface area contributed by atoms with Gasteiger partial charge in [0.2, 0.25) is 5.91 Å². The highest BCUT2D eigenvalue weighted by Crippen LogP contribution is 2.25. The molecule has 242 valence electrons. The summed E-state index contributed by atoms with van der Waals surface area (Å²) in [6.07, 6.45) is 0.706. The van der Waals surface area contributed by atoms with Gasteiger partial charge in [-0.05, 0) is 79.9 Å². The predicted molar refractivity (Wildman–Crippen MR) is 174 cm³/mol. The number of nitrogens with one attached hydrogen (secondary N) is 2. The smallest absolute Gasteiger partial charge is 0.261 e. The first-order valence-electron chi connectivity index (χ1n) is 14.9. The molecule has 2 amide bonds. The number of amides is 2. The molecule has 2 N–H and O–H groups in total. The van der Waals surface area contributed by atoms with Crippen molar-refractivity contribution in [2.45, 2.75) is 43.9 Å². The Balaban J connectivity index is 1.50. The van der Waals surface area contributed by atoms with Gasteiger partial charge in [0.15, 0.2) is 6.61 Å². The average molecular weight is 648 g/mol. The number of nitrogens with zero attached hydrogens (tertiary/aromatic N) is 1. The SMILES string of the molecule is CC(C)OCCCNC(=O)[C@H](c1ccccc1)N(Cc1ccccc1)C(=O)COc1ccc(S(=O)(=O)Nc2ccc(F)cc2)cc1. The summed E-state index contributed by atoms with van der Waals surface area (Å²) in [5, 5.41) is 2.96. The summed E-state index contributed by atoms with van der Waals surface area (Å²) in [7, 11) is -3.95. The molecule has 0 aliphatic heterocycles. The first-order chi connectivity index (χ1) is 22.1. The number of carbonyl (C=O) groups excluding carboxylic acids is 2. The van der Waals surface area contributed by atoms with E-state index in [4.69, 9.17) is 9.47 Å². The van der Waals surface area contributed by atoms with Gasteiger partial charge >= 0.3 is 0 Å². The van der Waals surface area contributed by atoms with Gasteiger partial charge in [-0.15, -0.1) is 0 Å². The summed E-state index contributed by atoms with van der Waals surface area (Å²) in [6.45, 7) is 4.52. The second kappa shape index (κ2) is 16.5. The highest BCUT2D eigenvalue weighted by Gasteiger charge is 2.31. The Hall–Kier alpha value is -4.74. The van der Waals surface area contributed by atoms with E-state index in [2.05, 4.69) is 10.0 Å². The van der Waals surface area contributed by atoms with Crippen molar-refractivity contribution < 1.29 is 31.9 Å². The molecule has 0 aromatic heterocycles. The molecule has 4 aromatic carbocycles. The number of hydrogen-bond donors (Lipinski definition) is 2. The molecule has 4 rings (SSSR count). The van der Waals surface area contributed by atoms with E-state index in [0.29, 0.717) is 25.1 Å². The molecule has 0 spiro atoms. The molecule has 1 atom stereocenters. The van der Waals surface area contributed by atoms with E-state index >= 15 is 0 Å². The maximum atomic E-state index is 13.8. The number of benzene rings is 4. The predicted octanol–water partition coefficient (Wildman–Crippen LogP) is 5.71. The van der Waals surface area contributed by atoms with Crippen molar-refractivity contribution in [1.82, 2.24) is 10.2 Å². The number of hydrogen-bond acceptors (Lipinski definition) is 6. The van der Waals surface area contributed by atoms with E-state index in [1.165, 1.54) is 41.3 Å². The molecule has 46 heavy (non-hydrogen) atoms. The van der Waals surface area contributed by atoms with Crippen LogP contribution in [-0.4, -0.2) is 51.0 Å². The van der Waals surface area contributed by atoms with E-state index < -0.39 is 34.4 Å². The Morgan fingerprint density at radius 1 is 0.848 bits per heavy atom. The number of carbonyl (C=O) groups is 2. The van der Waals surface area contributed by atoms with Gasteiger partial charge in [-0.2, -0.15) is 0 Å². The lowest BCUT2D eigenvalue weighted by atomic mass is 10.0. The van der Waals surface area contributed by atoms with Crippen molar-refractivity contribution >= 4 is 27.5 Å². The van der Waals surface area contributed by atoms with Gasteiger partial charge < -0.3 is 19.7 Å². The standard InChI is InChI=1S/C35H38FN3O6S/c1-26(2)44-23-9-22-37-35(41)34(28-12-7-4-8-13-28)39(24-27-10-5-3-6-11-27)33(40)25-45-31-18-20-32(21-19-31)46(42,43)38-30-16-14-29(36)15-17-30/h3-8,10-21,26,34,38H,9,22-25H2,1-2H3,(H,37,41)/t34-/m0/s1. The minimum absolute atomic E-state index is 0.0409. The second-order valence-corrected chi connectivity index (χ2v) is 12.4. The fourth-order valence-electron chi connectivity index (χ4n) is 4.59. The maximum absolute atomic E-state index is 13.8. The summed E-state index contributed by atoms with van der Waals surface area (Å²) < 4.78 is 52.5. The molecule has 11 heteroatoms. The van der Waals surface area contributed by atoms with Gasteiger partial charge in [-0.1, -0.05) is 60.7 Å². The van der Waals surface area contributed by atoms with Crippen LogP contribution < -0.4 is 14.8 Å². The van der Waals surface area contributed by atoms with E-state index in [9.17, 15) is 22.4 Å². The quantitative estimate of drug-likeness (QED) is 0.151. The average Bonchev–Trinajstić information content (AvgIpc) is 3.05. The fraction of sp³-hybridized carbons (Fsp3) is 0.257. The van der Waals surface area contributed by atoms with Crippen LogP contribution in [0, 0.1) is 5.82 Å². The Bertz CT molecular complexity index is 1650. The van der Waals surface area contributed by atoms with Crippen LogP contribution in [0.15, 0.2) is 114 Å². The van der Waals surface area contributed by atoms with E-state index in [1.54, 1.807) is 12.1 Å². The van der Waals surface area contributed by atoms with Crippen molar-refractivity contribution in [3.05, 3.63) is 126 Å². The van der Waals surface area contributed by atoms with Crippen molar-refractivity contribution in [3.63, 3.8) is 0 Å². The van der Waals surface area contributed by atoms with Crippen molar-refractivity contribution in [3.8, 4) is 5.75 Å². The molecule has 0 radical (unpaired) electrons. The molecule has 0 saturated heterocycles. The fourth-order valence-corrected chi connectivity index (χ4v) is 5.64. The largest absolute Gasteiger partial charge is 0.484 e. The van der Waals surface area contributed by atoms with Crippen LogP contribution in [0.25, 0.3) is 0 Å². The Labute approximate surface area is 269 Å². The molecule has 9 nitrogen and oxygen atoms in total. The van der Waals surface area contributed by atoms with E-state index in [-0.39, 0.29) is 34.9 Å². The van der Waals surface area contributed by atoms with Crippen molar-refractivity contribution in [2.75, 3.05) is 24.5 Å². The monoisotopic (exact) mass is 647 g/mol. The summed E-state index contributed by atoms with van der Waals surface area (Å²) >= 11 is 0. The summed E-state index contributed by atoms with van der Waals surface area (Å²) in [6, 6.07) is 28.0. The molecule has 0 aliphatic rings. The first kappa shape index (κ1) is 34.1. The van der Waals surface area contributed by atoms with Crippen LogP contribution >= 0.6 is 0 Å². The van der Waals surface area contributed by atoms with Gasteiger partial charge in [0.1, 0.15) is 17.6 Å². The number of sulfonamides is 1. The normalized spacial score (nSPS) is 11.9. The van der Waals surface area contributed by atoms with Crippen molar-refractivity contribution in [2.24, 2.45) is 0 Å². The molecule has 0 fully saturated rings. The lowest BCUT2D eigenvalue weighted by Crippen LogP contribution is -2.45. The molecule has 0 bridgehead atoms. The molecule has 0 unspecified atom stereocenters. The van der Waals surface area contributed by atoms with Crippen LogP contribution in [0.3, 0.4) is 0 Å². The third-order valence-corrected chi connectivity index (χ3v) is 8.25. The zero-order valence-corrected chi connectivity index (χ0v) is 26.6. The Morgan fingerprint density at radius 3 is 2.11 bits per heavy atom. The second-order valence-electron chi connectivity index (χ2n) is 10.8. The van der Waals surface area contributed by atoms with Crippen LogP contribution in [-0.2, 0) is 30.9 Å². The number of ether oxygens (including phenoxy) is 2. The van der Waals surface area contributed by atoms with Crippen LogP contribution in [0.5, 0.6) is 5.75 Å². The van der Waals surface area contributed by atoms with Gasteiger partial charge in [0.05, 0.1) is 11.0 Å². The topological polar surface area (TPSA) is 114 Å². The first-order valence-corrected chi connectivity index (χ1v) is 16.4. The lowest BCUT2D eigenvalue weighted by molar-refractivity contribution is -0.143. The van der Waals surface area contributed by atoms with Gasteiger partial charge in [-0.25, -0.2) is 12.8 Å². The Morgan fingerprint density at radius 2 is 1.48 bits per heavy atom. The highest BCUT2D eigenvalue weighted by atomic mass is 32.2. The van der Waals surface area contributed by atoms with Crippen molar-refractivity contribution in [1.29, 1.82) is 0 Å². The van der Waals surface area contributed by atoms with E-state index in [1.807, 2.05) is 62.4 Å². The van der Waals surface area contributed by atoms with E-state index in [0.717, 1.165) is 17.7 Å². The van der Waals surface area contributed by atoms with Crippen LogP contribution in [0.2, 0.25) is 0 Å². The Kier molecular flexibility index (Phi) is 12.3. The summed E-state index contributed by atoms with van der Waals surface area (Å²) in [5.74, 6) is -0.988. The molecule has 4 aromatic rings. The molecular weight excluding hydrogens is 609 g/mol. The number of rotatable bonds is 16. The van der Waals surface area contributed by atoms with Gasteiger partial charge in [-0.3, -0.25) is 14.3 Å². The zero-order valence-electron chi connectivity index (χ0n) is 25.8. The number of anilines is 1. The highest BCUT2D eigenvalue weighted by molar-refractivity contribution is 7.92. The third kappa shape index (κ3) is 10.1. The third-order valence-electron chi connectivity index (χ3n) is 6.86. The summed E-state index contributed by atoms with van der Waals surface area (Å²) in [5.41, 5.74) is 1.69. The molecular formula is C35H38FN3O6S. The molecule has 0 saturated carbocycles. The molecule has 0 heterocycles. The minimum atomic E-state index is -3.95. The minimum Gasteiger partial charge on any atom is -0.484 e. The van der Waals surface area contributed by atoms with Crippen LogP contribution in [0.4, 0.5) is 10.1 Å².